The molecule has 0 bridgehead atoms. The van der Waals surface area contributed by atoms with Crippen LogP contribution in [-0.2, 0) is 21.6 Å². The standard InChI is InChI=1S/C27H28F2N4O3S/c1-19(27(34,16-33-18-31-17-32-33)21-8-10-22(28)11-9-21)37-24-14-35-26(36-15-24)6-4-3-5-20-7-12-23(30-2)13-25(20)29/h3-13,17-19,24,26,34H,2,14-16H2,1H3/b5-3+,6-4+/t19?,24?,26?,27-/m1/s1. The Morgan fingerprint density at radius 2 is 1.97 bits per heavy atom. The number of rotatable bonds is 10. The molecule has 0 saturated carbocycles. The van der Waals surface area contributed by atoms with Crippen LogP contribution in [0.2, 0.25) is 0 Å². The van der Waals surface area contributed by atoms with Crippen molar-refractivity contribution in [3.8, 4) is 0 Å². The van der Waals surface area contributed by atoms with Gasteiger partial charge in [-0.2, -0.15) is 5.10 Å². The highest BCUT2D eigenvalue weighted by atomic mass is 32.2. The van der Waals surface area contributed by atoms with Crippen LogP contribution in [0.15, 0.2) is 78.3 Å². The summed E-state index contributed by atoms with van der Waals surface area (Å²) in [4.78, 5) is 7.66. The van der Waals surface area contributed by atoms with Crippen LogP contribution in [0.3, 0.4) is 0 Å². The molecule has 0 spiro atoms. The molecular formula is C27H28F2N4O3S. The number of allylic oxidation sites excluding steroid dienone is 2. The molecule has 37 heavy (non-hydrogen) atoms. The smallest absolute Gasteiger partial charge is 0.177 e. The first-order valence-corrected chi connectivity index (χ1v) is 12.6. The van der Waals surface area contributed by atoms with E-state index in [1.54, 1.807) is 53.3 Å². The van der Waals surface area contributed by atoms with Crippen molar-refractivity contribution in [3.63, 3.8) is 0 Å². The number of hydrogen-bond donors (Lipinski definition) is 1. The lowest BCUT2D eigenvalue weighted by Crippen LogP contribution is -2.43. The Morgan fingerprint density at radius 3 is 2.62 bits per heavy atom. The zero-order valence-corrected chi connectivity index (χ0v) is 21.1. The molecule has 1 saturated heterocycles. The summed E-state index contributed by atoms with van der Waals surface area (Å²) in [5.41, 5.74) is 0.169. The fourth-order valence-corrected chi connectivity index (χ4v) is 5.24. The number of aromatic nitrogens is 3. The van der Waals surface area contributed by atoms with Crippen LogP contribution in [-0.4, -0.2) is 56.6 Å². The predicted molar refractivity (Wildman–Crippen MR) is 141 cm³/mol. The van der Waals surface area contributed by atoms with Crippen molar-refractivity contribution in [1.29, 1.82) is 0 Å². The summed E-state index contributed by atoms with van der Waals surface area (Å²) >= 11 is 1.53. The van der Waals surface area contributed by atoms with Crippen LogP contribution in [0.4, 0.5) is 14.5 Å². The first kappa shape index (κ1) is 26.9. The van der Waals surface area contributed by atoms with Gasteiger partial charge < -0.3 is 14.6 Å². The molecular weight excluding hydrogens is 498 g/mol. The Hall–Kier alpha value is -3.18. The molecule has 4 rings (SSSR count). The minimum Gasteiger partial charge on any atom is -0.382 e. The fraction of sp³-hybridized carbons (Fsp3) is 0.296. The molecule has 1 aliphatic rings. The molecule has 0 aliphatic carbocycles. The van der Waals surface area contributed by atoms with E-state index in [0.717, 1.165) is 0 Å². The molecule has 0 amide bonds. The van der Waals surface area contributed by atoms with E-state index in [4.69, 9.17) is 9.47 Å². The Kier molecular flexibility index (Phi) is 8.99. The number of halogens is 2. The van der Waals surface area contributed by atoms with E-state index in [-0.39, 0.29) is 28.7 Å². The van der Waals surface area contributed by atoms with Crippen molar-refractivity contribution >= 4 is 30.2 Å². The van der Waals surface area contributed by atoms with Crippen LogP contribution in [0.5, 0.6) is 0 Å². The number of hydrogen-bond acceptors (Lipinski definition) is 7. The van der Waals surface area contributed by atoms with Gasteiger partial charge in [-0.1, -0.05) is 37.3 Å². The number of thioether (sulfide) groups is 1. The molecule has 194 valence electrons. The van der Waals surface area contributed by atoms with E-state index in [0.29, 0.717) is 30.0 Å². The van der Waals surface area contributed by atoms with Crippen molar-refractivity contribution in [2.75, 3.05) is 13.2 Å². The van der Waals surface area contributed by atoms with Gasteiger partial charge in [-0.05, 0) is 42.6 Å². The number of benzene rings is 2. The zero-order valence-electron chi connectivity index (χ0n) is 20.3. The van der Waals surface area contributed by atoms with Crippen LogP contribution >= 0.6 is 11.8 Å². The van der Waals surface area contributed by atoms with E-state index in [1.165, 1.54) is 42.6 Å². The van der Waals surface area contributed by atoms with Crippen molar-refractivity contribution in [2.24, 2.45) is 4.99 Å². The van der Waals surface area contributed by atoms with Gasteiger partial charge in [0.25, 0.3) is 0 Å². The van der Waals surface area contributed by atoms with Crippen LogP contribution < -0.4 is 0 Å². The summed E-state index contributed by atoms with van der Waals surface area (Å²) in [5, 5.41) is 15.5. The maximum Gasteiger partial charge on any atom is 0.177 e. The third kappa shape index (κ3) is 6.98. The van der Waals surface area contributed by atoms with Crippen molar-refractivity contribution < 1.29 is 23.4 Å². The molecule has 1 unspecified atom stereocenters. The van der Waals surface area contributed by atoms with Crippen LogP contribution in [0.25, 0.3) is 6.08 Å². The van der Waals surface area contributed by atoms with Gasteiger partial charge in [-0.25, -0.2) is 18.4 Å². The van der Waals surface area contributed by atoms with Gasteiger partial charge in [0.1, 0.15) is 29.9 Å². The number of ether oxygens (including phenoxy) is 2. The third-order valence-electron chi connectivity index (χ3n) is 6.00. The molecule has 2 heterocycles. The van der Waals surface area contributed by atoms with E-state index in [1.807, 2.05) is 6.92 Å². The Morgan fingerprint density at radius 1 is 1.22 bits per heavy atom. The van der Waals surface area contributed by atoms with Crippen molar-refractivity contribution in [2.45, 2.75) is 35.9 Å². The molecule has 1 N–H and O–H groups in total. The fourth-order valence-electron chi connectivity index (χ4n) is 3.91. The van der Waals surface area contributed by atoms with Gasteiger partial charge in [0.05, 0.1) is 30.7 Å². The Balaban J connectivity index is 1.33. The van der Waals surface area contributed by atoms with Crippen LogP contribution in [0.1, 0.15) is 18.1 Å². The number of aliphatic imine (C=N–C) groups is 1. The van der Waals surface area contributed by atoms with E-state index in [9.17, 15) is 13.9 Å². The second kappa shape index (κ2) is 12.4. The summed E-state index contributed by atoms with van der Waals surface area (Å²) in [5.74, 6) is -0.749. The third-order valence-corrected chi connectivity index (χ3v) is 7.45. The molecule has 7 nitrogen and oxygen atoms in total. The molecule has 2 aromatic carbocycles. The highest BCUT2D eigenvalue weighted by Crippen LogP contribution is 2.37. The van der Waals surface area contributed by atoms with Gasteiger partial charge in [0, 0.05) is 16.9 Å². The van der Waals surface area contributed by atoms with E-state index in [2.05, 4.69) is 21.8 Å². The monoisotopic (exact) mass is 526 g/mol. The Bertz CT molecular complexity index is 1230. The minimum atomic E-state index is -1.33. The van der Waals surface area contributed by atoms with E-state index >= 15 is 0 Å². The topological polar surface area (TPSA) is 81.8 Å². The first-order chi connectivity index (χ1) is 17.9. The maximum atomic E-state index is 14.0. The molecule has 3 aromatic rings. The molecule has 1 aromatic heterocycles. The van der Waals surface area contributed by atoms with Gasteiger partial charge in [0.2, 0.25) is 0 Å². The van der Waals surface area contributed by atoms with Gasteiger partial charge in [-0.3, -0.25) is 4.99 Å². The van der Waals surface area contributed by atoms with Gasteiger partial charge in [-0.15, -0.1) is 11.8 Å². The lowest BCUT2D eigenvalue weighted by molar-refractivity contribution is -0.146. The molecule has 0 radical (unpaired) electrons. The van der Waals surface area contributed by atoms with Crippen LogP contribution in [0, 0.1) is 11.6 Å². The van der Waals surface area contributed by atoms with Crippen molar-refractivity contribution in [1.82, 2.24) is 14.8 Å². The molecule has 1 aliphatic heterocycles. The molecule has 1 fully saturated rings. The van der Waals surface area contributed by atoms with Crippen molar-refractivity contribution in [3.05, 3.63) is 96.1 Å². The molecule has 10 heteroatoms. The highest BCUT2D eigenvalue weighted by molar-refractivity contribution is 8.00. The highest BCUT2D eigenvalue weighted by Gasteiger charge is 2.39. The summed E-state index contributed by atoms with van der Waals surface area (Å²) < 4.78 is 40.7. The second-order valence-electron chi connectivity index (χ2n) is 8.57. The quantitative estimate of drug-likeness (QED) is 0.299. The summed E-state index contributed by atoms with van der Waals surface area (Å²) in [6, 6.07) is 10.5. The Labute approximate surface area is 218 Å². The summed E-state index contributed by atoms with van der Waals surface area (Å²) in [6.45, 7) is 6.30. The predicted octanol–water partition coefficient (Wildman–Crippen LogP) is 4.91. The summed E-state index contributed by atoms with van der Waals surface area (Å²) in [7, 11) is 0. The average molecular weight is 527 g/mol. The van der Waals surface area contributed by atoms with E-state index < -0.39 is 11.9 Å². The number of nitrogens with zero attached hydrogens (tertiary/aromatic N) is 4. The lowest BCUT2D eigenvalue weighted by Gasteiger charge is -2.37. The minimum absolute atomic E-state index is 0.0241. The second-order valence-corrected chi connectivity index (χ2v) is 10.2. The SMILES string of the molecule is C=Nc1ccc(/C=C/C=C/C2OCC(SC(C)[C@](O)(Cn3cncn3)c3ccc(F)cc3)CO2)c(F)c1. The zero-order chi connectivity index (χ0) is 26.3. The molecule has 2 atom stereocenters. The van der Waals surface area contributed by atoms with Gasteiger partial charge >= 0.3 is 0 Å². The average Bonchev–Trinajstić information content (AvgIpc) is 3.41. The normalized spacial score (nSPS) is 20.8. The maximum absolute atomic E-state index is 14.0. The van der Waals surface area contributed by atoms with Gasteiger partial charge in [0.15, 0.2) is 6.29 Å². The lowest BCUT2D eigenvalue weighted by atomic mass is 9.90. The number of aliphatic hydroxyl groups is 1. The first-order valence-electron chi connectivity index (χ1n) is 11.7. The summed E-state index contributed by atoms with van der Waals surface area (Å²) in [6.07, 6.45) is 9.26. The largest absolute Gasteiger partial charge is 0.382 e.